The number of hydrogen-bond acceptors (Lipinski definition) is 3. The molecule has 1 aromatic rings. The van der Waals surface area contributed by atoms with Crippen LogP contribution in [0.1, 0.15) is 30.9 Å². The van der Waals surface area contributed by atoms with Gasteiger partial charge in [0.25, 0.3) is 0 Å². The molecule has 1 saturated heterocycles. The van der Waals surface area contributed by atoms with Crippen LogP contribution in [-0.4, -0.2) is 25.4 Å². The topological polar surface area (TPSA) is 44.5 Å². The van der Waals surface area contributed by atoms with Gasteiger partial charge in [-0.3, -0.25) is 0 Å². The number of ether oxygens (including phenoxy) is 2. The molecule has 0 bridgehead atoms. The van der Waals surface area contributed by atoms with Crippen molar-refractivity contribution in [1.82, 2.24) is 0 Å². The normalized spacial score (nSPS) is 22.7. The van der Waals surface area contributed by atoms with Crippen LogP contribution in [-0.2, 0) is 11.2 Å². The Morgan fingerprint density at radius 1 is 1.42 bits per heavy atom. The minimum Gasteiger partial charge on any atom is -0.490 e. The van der Waals surface area contributed by atoms with Crippen molar-refractivity contribution < 1.29 is 9.47 Å². The van der Waals surface area contributed by atoms with Crippen molar-refractivity contribution in [3.05, 3.63) is 27.7 Å². The van der Waals surface area contributed by atoms with Gasteiger partial charge >= 0.3 is 0 Å². The van der Waals surface area contributed by atoms with Crippen LogP contribution in [0.4, 0.5) is 0 Å². The van der Waals surface area contributed by atoms with Crippen molar-refractivity contribution >= 4 is 15.9 Å². The number of halogens is 1. The van der Waals surface area contributed by atoms with Crippen molar-refractivity contribution in [2.24, 2.45) is 5.73 Å². The first-order valence-corrected chi connectivity index (χ1v) is 7.66. The van der Waals surface area contributed by atoms with Crippen LogP contribution in [0.3, 0.4) is 0 Å². The van der Waals surface area contributed by atoms with Gasteiger partial charge in [0, 0.05) is 4.47 Å². The molecule has 19 heavy (non-hydrogen) atoms. The number of benzene rings is 1. The maximum Gasteiger partial charge on any atom is 0.125 e. The lowest BCUT2D eigenvalue weighted by atomic mass is 10.1. The van der Waals surface area contributed by atoms with E-state index >= 15 is 0 Å². The first kappa shape index (κ1) is 14.8. The van der Waals surface area contributed by atoms with E-state index in [1.165, 1.54) is 5.56 Å². The average Bonchev–Trinajstić information content (AvgIpc) is 2.74. The molecule has 0 aliphatic carbocycles. The second-order valence-corrected chi connectivity index (χ2v) is 6.12. The van der Waals surface area contributed by atoms with Crippen LogP contribution in [0, 0.1) is 6.92 Å². The van der Waals surface area contributed by atoms with Crippen LogP contribution >= 0.6 is 15.9 Å². The molecule has 0 spiro atoms. The Morgan fingerprint density at radius 3 is 2.84 bits per heavy atom. The fraction of sp³-hybridized carbons (Fsp3) is 0.600. The molecule has 1 fully saturated rings. The Bertz CT molecular complexity index is 436. The van der Waals surface area contributed by atoms with Crippen LogP contribution in [0.5, 0.6) is 5.75 Å². The Kier molecular flexibility index (Phi) is 5.25. The van der Waals surface area contributed by atoms with Crippen molar-refractivity contribution in [2.75, 3.05) is 13.2 Å². The first-order chi connectivity index (χ1) is 9.10. The summed E-state index contributed by atoms with van der Waals surface area (Å²) in [5.41, 5.74) is 7.98. The van der Waals surface area contributed by atoms with Crippen molar-refractivity contribution in [2.45, 2.75) is 45.3 Å². The van der Waals surface area contributed by atoms with Gasteiger partial charge in [0.05, 0.1) is 12.2 Å². The highest BCUT2D eigenvalue weighted by molar-refractivity contribution is 9.10. The zero-order valence-corrected chi connectivity index (χ0v) is 13.2. The number of nitrogens with two attached hydrogens (primary N) is 1. The highest BCUT2D eigenvalue weighted by Gasteiger charge is 2.22. The van der Waals surface area contributed by atoms with Crippen LogP contribution < -0.4 is 10.5 Å². The summed E-state index contributed by atoms with van der Waals surface area (Å²) in [5, 5.41) is 0. The van der Waals surface area contributed by atoms with E-state index in [0.29, 0.717) is 19.3 Å². The Balaban J connectivity index is 2.05. The molecule has 0 saturated carbocycles. The fourth-order valence-electron chi connectivity index (χ4n) is 2.53. The molecule has 2 rings (SSSR count). The van der Waals surface area contributed by atoms with E-state index in [1.54, 1.807) is 0 Å². The lowest BCUT2D eigenvalue weighted by Gasteiger charge is -2.17. The quantitative estimate of drug-likeness (QED) is 0.903. The molecule has 106 valence electrons. The molecule has 2 N–H and O–H groups in total. The highest BCUT2D eigenvalue weighted by Crippen LogP contribution is 2.29. The number of rotatable bonds is 5. The minimum absolute atomic E-state index is 0.226. The fourth-order valence-corrected chi connectivity index (χ4v) is 3.15. The third-order valence-electron chi connectivity index (χ3n) is 3.46. The molecule has 4 heteroatoms. The molecule has 1 aliphatic rings. The highest BCUT2D eigenvalue weighted by atomic mass is 79.9. The molecule has 2 unspecified atom stereocenters. The summed E-state index contributed by atoms with van der Waals surface area (Å²) >= 11 is 3.52. The summed E-state index contributed by atoms with van der Waals surface area (Å²) in [6, 6.07) is 4.17. The van der Waals surface area contributed by atoms with Gasteiger partial charge < -0.3 is 15.2 Å². The molecular weight excluding hydrogens is 306 g/mol. The second-order valence-electron chi connectivity index (χ2n) is 5.21. The Labute approximate surface area is 123 Å². The molecule has 2 atom stereocenters. The van der Waals surface area contributed by atoms with E-state index in [9.17, 15) is 0 Å². The first-order valence-electron chi connectivity index (χ1n) is 6.87. The van der Waals surface area contributed by atoms with Gasteiger partial charge in [-0.05, 0) is 62.9 Å². The van der Waals surface area contributed by atoms with Crippen LogP contribution in [0.15, 0.2) is 16.6 Å². The SMILES string of the molecule is Cc1cc(Br)cc(CCN)c1OCC1CCC(C)O1. The van der Waals surface area contributed by atoms with Crippen LogP contribution in [0.2, 0.25) is 0 Å². The van der Waals surface area contributed by atoms with Gasteiger partial charge in [-0.1, -0.05) is 15.9 Å². The van der Waals surface area contributed by atoms with E-state index < -0.39 is 0 Å². The van der Waals surface area contributed by atoms with E-state index in [2.05, 4.69) is 41.9 Å². The van der Waals surface area contributed by atoms with Gasteiger partial charge in [0.15, 0.2) is 0 Å². The van der Waals surface area contributed by atoms with Gasteiger partial charge in [0.1, 0.15) is 12.4 Å². The molecule has 0 radical (unpaired) electrons. The largest absolute Gasteiger partial charge is 0.490 e. The van der Waals surface area contributed by atoms with Gasteiger partial charge in [-0.25, -0.2) is 0 Å². The minimum atomic E-state index is 0.226. The average molecular weight is 328 g/mol. The summed E-state index contributed by atoms with van der Waals surface area (Å²) in [6.07, 6.45) is 3.63. The monoisotopic (exact) mass is 327 g/mol. The molecule has 3 nitrogen and oxygen atoms in total. The molecule has 1 aliphatic heterocycles. The maximum atomic E-state index is 6.01. The number of hydrogen-bond donors (Lipinski definition) is 1. The van der Waals surface area contributed by atoms with E-state index in [4.69, 9.17) is 15.2 Å². The molecule has 1 heterocycles. The third kappa shape index (κ3) is 3.94. The molecular formula is C15H22BrNO2. The second kappa shape index (κ2) is 6.73. The standard InChI is InChI=1S/C15H22BrNO2/c1-10-7-13(16)8-12(5-6-17)15(10)18-9-14-4-3-11(2)19-14/h7-8,11,14H,3-6,9,17H2,1-2H3. The van der Waals surface area contributed by atoms with Gasteiger partial charge in [-0.15, -0.1) is 0 Å². The molecule has 0 aromatic heterocycles. The van der Waals surface area contributed by atoms with E-state index in [1.807, 2.05) is 0 Å². The van der Waals surface area contributed by atoms with Crippen molar-refractivity contribution in [3.8, 4) is 5.75 Å². The summed E-state index contributed by atoms with van der Waals surface area (Å²) in [6.45, 7) is 5.44. The summed E-state index contributed by atoms with van der Waals surface area (Å²) in [5.74, 6) is 0.969. The summed E-state index contributed by atoms with van der Waals surface area (Å²) in [4.78, 5) is 0. The van der Waals surface area contributed by atoms with Gasteiger partial charge in [-0.2, -0.15) is 0 Å². The predicted molar refractivity (Wildman–Crippen MR) is 80.7 cm³/mol. The maximum absolute atomic E-state index is 6.01. The van der Waals surface area contributed by atoms with Gasteiger partial charge in [0.2, 0.25) is 0 Å². The third-order valence-corrected chi connectivity index (χ3v) is 3.92. The van der Waals surface area contributed by atoms with Crippen molar-refractivity contribution in [1.29, 1.82) is 0 Å². The smallest absolute Gasteiger partial charge is 0.125 e. The Hall–Kier alpha value is -0.580. The van der Waals surface area contributed by atoms with Crippen LogP contribution in [0.25, 0.3) is 0 Å². The van der Waals surface area contributed by atoms with E-state index in [0.717, 1.165) is 35.0 Å². The number of aryl methyl sites for hydroxylation is 1. The molecule has 1 aromatic carbocycles. The predicted octanol–water partition coefficient (Wildman–Crippen LogP) is 3.21. The summed E-state index contributed by atoms with van der Waals surface area (Å²) < 4.78 is 12.9. The van der Waals surface area contributed by atoms with Crippen molar-refractivity contribution in [3.63, 3.8) is 0 Å². The summed E-state index contributed by atoms with van der Waals surface area (Å²) in [7, 11) is 0. The lowest BCUT2D eigenvalue weighted by Crippen LogP contribution is -2.19. The zero-order valence-electron chi connectivity index (χ0n) is 11.6. The Morgan fingerprint density at radius 2 is 2.21 bits per heavy atom. The zero-order chi connectivity index (χ0) is 13.8. The van der Waals surface area contributed by atoms with E-state index in [-0.39, 0.29) is 6.10 Å². The molecule has 0 amide bonds. The lowest BCUT2D eigenvalue weighted by molar-refractivity contribution is 0.0261.